The van der Waals surface area contributed by atoms with Crippen molar-refractivity contribution in [1.82, 2.24) is 4.98 Å². The van der Waals surface area contributed by atoms with Crippen molar-refractivity contribution >= 4 is 15.9 Å². The Bertz CT molecular complexity index is 319. The first-order valence-electron chi connectivity index (χ1n) is 3.30. The van der Waals surface area contributed by atoms with Crippen molar-refractivity contribution in [2.45, 2.75) is 13.0 Å². The van der Waals surface area contributed by atoms with Crippen molar-refractivity contribution in [3.05, 3.63) is 27.7 Å². The van der Waals surface area contributed by atoms with Gasteiger partial charge in [0.2, 0.25) is 5.95 Å². The number of aliphatic hydroxyl groups is 1. The topological polar surface area (TPSA) is 33.1 Å². The van der Waals surface area contributed by atoms with Gasteiger partial charge < -0.3 is 5.11 Å². The summed E-state index contributed by atoms with van der Waals surface area (Å²) in [5, 5.41) is 8.65. The maximum atomic E-state index is 12.6. The minimum Gasteiger partial charge on any atom is -0.390 e. The van der Waals surface area contributed by atoms with Crippen LogP contribution < -0.4 is 0 Å². The largest absolute Gasteiger partial charge is 0.390 e. The number of alkyl halides is 2. The molecule has 1 aromatic rings. The van der Waals surface area contributed by atoms with Crippen LogP contribution in [0.1, 0.15) is 17.7 Å². The lowest BCUT2D eigenvalue weighted by Crippen LogP contribution is -1.99. The number of hydrogen-bond donors (Lipinski definition) is 1. The molecule has 1 aromatic heterocycles. The molecule has 0 aliphatic carbocycles. The first-order valence-corrected chi connectivity index (χ1v) is 4.09. The maximum Gasteiger partial charge on any atom is 0.265 e. The van der Waals surface area contributed by atoms with Crippen molar-refractivity contribution in [3.8, 4) is 0 Å². The molecule has 1 heterocycles. The fraction of sp³-hybridized carbons (Fsp3) is 0.286. The minimum atomic E-state index is -2.79. The van der Waals surface area contributed by atoms with E-state index in [0.717, 1.165) is 0 Å². The number of hydrogen-bond acceptors (Lipinski definition) is 2. The lowest BCUT2D eigenvalue weighted by Gasteiger charge is -2.06. The Hall–Kier alpha value is -0.620. The SMILES string of the molecule is OCc1nc(F)cc(C(F)F)c1Br. The van der Waals surface area contributed by atoms with E-state index in [1.807, 2.05) is 0 Å². The van der Waals surface area contributed by atoms with Gasteiger partial charge in [-0.1, -0.05) is 0 Å². The molecule has 0 aromatic carbocycles. The van der Waals surface area contributed by atoms with Crippen LogP contribution >= 0.6 is 15.9 Å². The van der Waals surface area contributed by atoms with Gasteiger partial charge in [0.05, 0.1) is 16.8 Å². The highest BCUT2D eigenvalue weighted by molar-refractivity contribution is 9.10. The predicted octanol–water partition coefficient (Wildman–Crippen LogP) is 2.41. The van der Waals surface area contributed by atoms with Crippen LogP contribution in [0.25, 0.3) is 0 Å². The van der Waals surface area contributed by atoms with Crippen molar-refractivity contribution in [2.75, 3.05) is 0 Å². The standard InChI is InChI=1S/C7H5BrF3NO/c8-6-3(7(10)11)1-5(9)12-4(6)2-13/h1,7,13H,2H2. The summed E-state index contributed by atoms with van der Waals surface area (Å²) in [6.45, 7) is -0.585. The van der Waals surface area contributed by atoms with E-state index in [1.54, 1.807) is 0 Å². The highest BCUT2D eigenvalue weighted by atomic mass is 79.9. The third-order valence-electron chi connectivity index (χ3n) is 1.41. The van der Waals surface area contributed by atoms with Crippen LogP contribution in [-0.2, 0) is 6.61 Å². The third kappa shape index (κ3) is 2.19. The van der Waals surface area contributed by atoms with Crippen LogP contribution in [0, 0.1) is 5.95 Å². The second kappa shape index (κ2) is 4.06. The Balaban J connectivity index is 3.27. The lowest BCUT2D eigenvalue weighted by molar-refractivity contribution is 0.149. The van der Waals surface area contributed by atoms with E-state index >= 15 is 0 Å². The molecule has 0 amide bonds. The molecule has 13 heavy (non-hydrogen) atoms. The van der Waals surface area contributed by atoms with Crippen molar-refractivity contribution in [2.24, 2.45) is 0 Å². The van der Waals surface area contributed by atoms with E-state index < -0.39 is 24.5 Å². The monoisotopic (exact) mass is 255 g/mol. The molecule has 1 rings (SSSR count). The molecule has 0 fully saturated rings. The first kappa shape index (κ1) is 10.5. The van der Waals surface area contributed by atoms with Gasteiger partial charge in [0.1, 0.15) is 0 Å². The molecular formula is C7H5BrF3NO. The summed E-state index contributed by atoms with van der Waals surface area (Å²) < 4.78 is 37.0. The number of aromatic nitrogens is 1. The number of halogens is 4. The van der Waals surface area contributed by atoms with E-state index in [0.29, 0.717) is 6.07 Å². The van der Waals surface area contributed by atoms with E-state index in [1.165, 1.54) is 0 Å². The fourth-order valence-electron chi connectivity index (χ4n) is 0.832. The number of aliphatic hydroxyl groups excluding tert-OH is 1. The molecule has 0 aliphatic heterocycles. The molecule has 2 nitrogen and oxygen atoms in total. The van der Waals surface area contributed by atoms with Crippen molar-refractivity contribution < 1.29 is 18.3 Å². The van der Waals surface area contributed by atoms with Gasteiger partial charge >= 0.3 is 0 Å². The van der Waals surface area contributed by atoms with Gasteiger partial charge in [-0.15, -0.1) is 0 Å². The molecule has 6 heteroatoms. The average Bonchev–Trinajstić information content (AvgIpc) is 2.08. The van der Waals surface area contributed by atoms with Crippen LogP contribution in [0.15, 0.2) is 10.5 Å². The Kier molecular flexibility index (Phi) is 3.27. The van der Waals surface area contributed by atoms with Gasteiger partial charge in [-0.3, -0.25) is 0 Å². The number of rotatable bonds is 2. The zero-order valence-electron chi connectivity index (χ0n) is 6.27. The molecular weight excluding hydrogens is 251 g/mol. The van der Waals surface area contributed by atoms with Gasteiger partial charge in [0.25, 0.3) is 6.43 Å². The van der Waals surface area contributed by atoms with Gasteiger partial charge in [0.15, 0.2) is 0 Å². The van der Waals surface area contributed by atoms with Crippen LogP contribution in [-0.4, -0.2) is 10.1 Å². The quantitative estimate of drug-likeness (QED) is 0.824. The Labute approximate surface area is 80.5 Å². The van der Waals surface area contributed by atoms with Crippen LogP contribution in [0.5, 0.6) is 0 Å². The molecule has 0 spiro atoms. The fourth-order valence-corrected chi connectivity index (χ4v) is 1.33. The third-order valence-corrected chi connectivity index (χ3v) is 2.32. The predicted molar refractivity (Wildman–Crippen MR) is 42.8 cm³/mol. The summed E-state index contributed by atoms with van der Waals surface area (Å²) in [7, 11) is 0. The zero-order valence-corrected chi connectivity index (χ0v) is 7.85. The number of pyridine rings is 1. The van der Waals surface area contributed by atoms with Gasteiger partial charge in [-0.05, 0) is 15.9 Å². The Morgan fingerprint density at radius 1 is 1.54 bits per heavy atom. The molecule has 0 unspecified atom stereocenters. The van der Waals surface area contributed by atoms with Crippen molar-refractivity contribution in [1.29, 1.82) is 0 Å². The molecule has 0 aliphatic rings. The smallest absolute Gasteiger partial charge is 0.265 e. The van der Waals surface area contributed by atoms with Crippen LogP contribution in [0.3, 0.4) is 0 Å². The molecule has 1 N–H and O–H groups in total. The first-order chi connectivity index (χ1) is 6.06. The second-order valence-electron chi connectivity index (χ2n) is 2.25. The molecule has 72 valence electrons. The number of nitrogens with zero attached hydrogens (tertiary/aromatic N) is 1. The molecule has 0 bridgehead atoms. The molecule has 0 saturated carbocycles. The van der Waals surface area contributed by atoms with Gasteiger partial charge in [-0.25, -0.2) is 13.8 Å². The highest BCUT2D eigenvalue weighted by Crippen LogP contribution is 2.29. The van der Waals surface area contributed by atoms with Crippen LogP contribution in [0.2, 0.25) is 0 Å². The minimum absolute atomic E-state index is 0.0496. The molecule has 0 saturated heterocycles. The summed E-state index contributed by atoms with van der Waals surface area (Å²) >= 11 is 2.81. The molecule has 0 radical (unpaired) electrons. The highest BCUT2D eigenvalue weighted by Gasteiger charge is 2.16. The van der Waals surface area contributed by atoms with E-state index in [2.05, 4.69) is 20.9 Å². The summed E-state index contributed by atoms with van der Waals surface area (Å²) in [4.78, 5) is 3.24. The van der Waals surface area contributed by atoms with E-state index in [-0.39, 0.29) is 10.2 Å². The second-order valence-corrected chi connectivity index (χ2v) is 3.05. The normalized spacial score (nSPS) is 10.9. The van der Waals surface area contributed by atoms with Crippen molar-refractivity contribution in [3.63, 3.8) is 0 Å². The lowest BCUT2D eigenvalue weighted by atomic mass is 10.2. The maximum absolute atomic E-state index is 12.6. The summed E-state index contributed by atoms with van der Waals surface area (Å²) in [5.74, 6) is -1.03. The van der Waals surface area contributed by atoms with E-state index in [9.17, 15) is 13.2 Å². The zero-order chi connectivity index (χ0) is 10.0. The summed E-state index contributed by atoms with van der Waals surface area (Å²) in [6, 6.07) is 0.633. The summed E-state index contributed by atoms with van der Waals surface area (Å²) in [6.07, 6.45) is -2.79. The average molecular weight is 256 g/mol. The summed E-state index contributed by atoms with van der Waals surface area (Å²) in [5.41, 5.74) is -0.633. The van der Waals surface area contributed by atoms with Crippen LogP contribution in [0.4, 0.5) is 13.2 Å². The Morgan fingerprint density at radius 2 is 2.15 bits per heavy atom. The Morgan fingerprint density at radius 3 is 2.62 bits per heavy atom. The van der Waals surface area contributed by atoms with E-state index in [4.69, 9.17) is 5.11 Å². The van der Waals surface area contributed by atoms with Gasteiger partial charge in [-0.2, -0.15) is 4.39 Å². The molecule has 0 atom stereocenters. The van der Waals surface area contributed by atoms with Gasteiger partial charge in [0, 0.05) is 11.6 Å².